The van der Waals surface area contributed by atoms with Gasteiger partial charge >= 0.3 is 6.36 Å². The molecule has 0 N–H and O–H groups in total. The molecule has 2 heterocycles. The van der Waals surface area contributed by atoms with E-state index in [0.717, 1.165) is 17.7 Å². The maximum atomic E-state index is 12.3. The molecule has 4 aromatic rings. The molecule has 0 amide bonds. The van der Waals surface area contributed by atoms with Crippen molar-refractivity contribution in [2.24, 2.45) is 0 Å². The SMILES string of the molecule is CCS(=O)(=O)c1cccc(Cn2nc(-c3nc(-c4ccc(OC(F)(F)F)cc4)no3)nc2C)c1. The summed E-state index contributed by atoms with van der Waals surface area (Å²) in [6.07, 6.45) is -4.78. The van der Waals surface area contributed by atoms with E-state index in [-0.39, 0.29) is 40.5 Å². The molecular weight excluding hydrogens is 475 g/mol. The molecule has 0 unspecified atom stereocenters. The summed E-state index contributed by atoms with van der Waals surface area (Å²) < 4.78 is 71.9. The van der Waals surface area contributed by atoms with Gasteiger partial charge in [0.2, 0.25) is 11.6 Å². The van der Waals surface area contributed by atoms with E-state index < -0.39 is 16.2 Å². The second-order valence-corrected chi connectivity index (χ2v) is 9.46. The molecule has 0 aliphatic carbocycles. The van der Waals surface area contributed by atoms with Gasteiger partial charge in [-0.15, -0.1) is 18.3 Å². The topological polar surface area (TPSA) is 113 Å². The lowest BCUT2D eigenvalue weighted by Crippen LogP contribution is -2.16. The van der Waals surface area contributed by atoms with Crippen LogP contribution in [0.1, 0.15) is 18.3 Å². The zero-order chi connectivity index (χ0) is 24.5. The van der Waals surface area contributed by atoms with Gasteiger partial charge in [-0.25, -0.2) is 18.1 Å². The maximum absolute atomic E-state index is 12.3. The predicted octanol–water partition coefficient (Wildman–Crippen LogP) is 4.04. The largest absolute Gasteiger partial charge is 0.573 e. The summed E-state index contributed by atoms with van der Waals surface area (Å²) >= 11 is 0. The molecule has 4 rings (SSSR count). The molecule has 9 nitrogen and oxygen atoms in total. The Bertz CT molecular complexity index is 1410. The Morgan fingerprint density at radius 1 is 1.06 bits per heavy atom. The van der Waals surface area contributed by atoms with Crippen molar-refractivity contribution in [2.45, 2.75) is 31.7 Å². The van der Waals surface area contributed by atoms with Gasteiger partial charge in [0.15, 0.2) is 9.84 Å². The van der Waals surface area contributed by atoms with Crippen LogP contribution in [0.5, 0.6) is 5.75 Å². The number of aryl methyl sites for hydroxylation is 1. The van der Waals surface area contributed by atoms with E-state index in [2.05, 4.69) is 25.0 Å². The average molecular weight is 493 g/mol. The van der Waals surface area contributed by atoms with Crippen LogP contribution < -0.4 is 4.74 Å². The van der Waals surface area contributed by atoms with Gasteiger partial charge in [0.25, 0.3) is 5.89 Å². The van der Waals surface area contributed by atoms with Crippen molar-refractivity contribution in [3.8, 4) is 28.9 Å². The second kappa shape index (κ2) is 8.89. The van der Waals surface area contributed by atoms with Crippen molar-refractivity contribution < 1.29 is 30.8 Å². The molecule has 0 spiro atoms. The molecule has 34 heavy (non-hydrogen) atoms. The van der Waals surface area contributed by atoms with Crippen molar-refractivity contribution in [3.05, 3.63) is 59.9 Å². The van der Waals surface area contributed by atoms with Crippen LogP contribution in [0.3, 0.4) is 0 Å². The van der Waals surface area contributed by atoms with E-state index >= 15 is 0 Å². The predicted molar refractivity (Wildman–Crippen MR) is 113 cm³/mol. The number of halogens is 3. The number of nitrogens with zero attached hydrogens (tertiary/aromatic N) is 5. The summed E-state index contributed by atoms with van der Waals surface area (Å²) in [5, 5.41) is 8.20. The lowest BCUT2D eigenvalue weighted by atomic mass is 10.2. The molecule has 13 heteroatoms. The zero-order valence-electron chi connectivity index (χ0n) is 17.9. The Morgan fingerprint density at radius 3 is 2.47 bits per heavy atom. The van der Waals surface area contributed by atoms with E-state index in [9.17, 15) is 21.6 Å². The lowest BCUT2D eigenvalue weighted by molar-refractivity contribution is -0.274. The summed E-state index contributed by atoms with van der Waals surface area (Å²) in [6.45, 7) is 3.58. The highest BCUT2D eigenvalue weighted by Gasteiger charge is 2.31. The van der Waals surface area contributed by atoms with E-state index in [4.69, 9.17) is 4.52 Å². The highest BCUT2D eigenvalue weighted by molar-refractivity contribution is 7.91. The average Bonchev–Trinajstić information content (AvgIpc) is 3.41. The van der Waals surface area contributed by atoms with Crippen LogP contribution in [0.15, 0.2) is 57.9 Å². The van der Waals surface area contributed by atoms with Gasteiger partial charge in [0.05, 0.1) is 17.2 Å². The summed E-state index contributed by atoms with van der Waals surface area (Å²) in [5.41, 5.74) is 1.14. The Balaban J connectivity index is 1.53. The number of benzene rings is 2. The minimum Gasteiger partial charge on any atom is -0.406 e. The van der Waals surface area contributed by atoms with E-state index in [1.807, 2.05) is 0 Å². The summed E-state index contributed by atoms with van der Waals surface area (Å²) in [7, 11) is -3.34. The minimum absolute atomic E-state index is 0.000527. The third-order valence-electron chi connectivity index (χ3n) is 4.79. The van der Waals surface area contributed by atoms with Crippen molar-refractivity contribution in [3.63, 3.8) is 0 Å². The maximum Gasteiger partial charge on any atom is 0.573 e. The van der Waals surface area contributed by atoms with Crippen LogP contribution in [-0.2, 0) is 16.4 Å². The van der Waals surface area contributed by atoms with Crippen LogP contribution in [0.4, 0.5) is 13.2 Å². The first-order valence-electron chi connectivity index (χ1n) is 9.97. The quantitative estimate of drug-likeness (QED) is 0.379. The van der Waals surface area contributed by atoms with Gasteiger partial charge in [-0.3, -0.25) is 0 Å². The van der Waals surface area contributed by atoms with Gasteiger partial charge in [-0.2, -0.15) is 4.98 Å². The monoisotopic (exact) mass is 493 g/mol. The highest BCUT2D eigenvalue weighted by atomic mass is 32.2. The van der Waals surface area contributed by atoms with Crippen molar-refractivity contribution in [2.75, 3.05) is 5.75 Å². The van der Waals surface area contributed by atoms with Crippen LogP contribution in [-0.4, -0.2) is 45.4 Å². The van der Waals surface area contributed by atoms with Gasteiger partial charge in [-0.1, -0.05) is 24.2 Å². The van der Waals surface area contributed by atoms with Crippen LogP contribution in [0, 0.1) is 6.92 Å². The fraction of sp³-hybridized carbons (Fsp3) is 0.238. The summed E-state index contributed by atoms with van der Waals surface area (Å²) in [6, 6.07) is 11.6. The Kier molecular flexibility index (Phi) is 6.13. The van der Waals surface area contributed by atoms with E-state index in [1.165, 1.54) is 12.1 Å². The zero-order valence-corrected chi connectivity index (χ0v) is 18.8. The van der Waals surface area contributed by atoms with Crippen LogP contribution in [0.25, 0.3) is 23.1 Å². The molecule has 0 saturated carbocycles. The summed E-state index contributed by atoms with van der Waals surface area (Å²) in [5.74, 6) is 0.486. The smallest absolute Gasteiger partial charge is 0.406 e. The third kappa shape index (κ3) is 5.25. The van der Waals surface area contributed by atoms with Crippen LogP contribution in [0.2, 0.25) is 0 Å². The molecule has 0 radical (unpaired) electrons. The third-order valence-corrected chi connectivity index (χ3v) is 6.52. The van der Waals surface area contributed by atoms with Gasteiger partial charge < -0.3 is 9.26 Å². The van der Waals surface area contributed by atoms with Gasteiger partial charge in [0.1, 0.15) is 11.6 Å². The Hall–Kier alpha value is -3.74. The molecule has 0 fully saturated rings. The molecule has 0 saturated heterocycles. The number of alkyl halides is 3. The molecule has 0 aliphatic heterocycles. The summed E-state index contributed by atoms with van der Waals surface area (Å²) in [4.78, 5) is 8.77. The number of ether oxygens (including phenoxy) is 1. The van der Waals surface area contributed by atoms with E-state index in [0.29, 0.717) is 11.4 Å². The molecular formula is C21H18F3N5O4S. The molecule has 0 aliphatic rings. The van der Waals surface area contributed by atoms with Crippen molar-refractivity contribution >= 4 is 9.84 Å². The Labute approximate surface area is 192 Å². The molecule has 2 aromatic carbocycles. The van der Waals surface area contributed by atoms with Gasteiger partial charge in [-0.05, 0) is 48.9 Å². The number of hydrogen-bond donors (Lipinski definition) is 0. The fourth-order valence-electron chi connectivity index (χ4n) is 3.07. The molecule has 2 aromatic heterocycles. The highest BCUT2D eigenvalue weighted by Crippen LogP contribution is 2.26. The van der Waals surface area contributed by atoms with Crippen molar-refractivity contribution in [1.29, 1.82) is 0 Å². The fourth-order valence-corrected chi connectivity index (χ4v) is 4.02. The number of rotatable bonds is 7. The molecule has 178 valence electrons. The first-order valence-corrected chi connectivity index (χ1v) is 11.6. The van der Waals surface area contributed by atoms with E-state index in [1.54, 1.807) is 42.8 Å². The first kappa shape index (κ1) is 23.4. The Morgan fingerprint density at radius 2 is 1.79 bits per heavy atom. The standard InChI is InChI=1S/C21H18F3N5O4S/c1-3-34(30,31)17-6-4-5-14(11-17)12-29-13(2)25-19(27-29)20-26-18(28-33-20)15-7-9-16(10-8-15)32-21(22,23)24/h4-11H,3,12H2,1-2H3. The molecule has 0 atom stereocenters. The van der Waals surface area contributed by atoms with Gasteiger partial charge in [0, 0.05) is 5.56 Å². The number of aromatic nitrogens is 5. The van der Waals surface area contributed by atoms with Crippen LogP contribution >= 0.6 is 0 Å². The minimum atomic E-state index is -4.78. The first-order chi connectivity index (χ1) is 16.0. The number of sulfone groups is 1. The molecule has 0 bridgehead atoms. The normalized spacial score (nSPS) is 12.1. The lowest BCUT2D eigenvalue weighted by Gasteiger charge is -2.08. The second-order valence-electron chi connectivity index (χ2n) is 7.19. The van der Waals surface area contributed by atoms with Crippen molar-refractivity contribution in [1.82, 2.24) is 24.9 Å². The number of hydrogen-bond acceptors (Lipinski definition) is 8.